The molecule has 0 rings (SSSR count). The molecule has 1 atom stereocenters. The molecular formula is C7H18N2OS. The molecule has 4 heteroatoms. The van der Waals surface area contributed by atoms with Gasteiger partial charge < -0.3 is 15.4 Å². The number of ether oxygens (including phenoxy) is 1. The van der Waals surface area contributed by atoms with Crippen LogP contribution in [-0.4, -0.2) is 50.5 Å². The number of hydrogen-bond donors (Lipinski definition) is 2. The van der Waals surface area contributed by atoms with Crippen LogP contribution >= 0.6 is 12.6 Å². The van der Waals surface area contributed by atoms with E-state index in [9.17, 15) is 0 Å². The van der Waals surface area contributed by atoms with Gasteiger partial charge in [-0.2, -0.15) is 12.6 Å². The molecule has 0 aromatic heterocycles. The van der Waals surface area contributed by atoms with E-state index in [4.69, 9.17) is 10.5 Å². The molecule has 3 nitrogen and oxygen atoms in total. The first-order chi connectivity index (χ1) is 5.16. The van der Waals surface area contributed by atoms with E-state index in [-0.39, 0.29) is 6.04 Å². The molecular weight excluding hydrogens is 160 g/mol. The zero-order valence-corrected chi connectivity index (χ0v) is 8.18. The van der Waals surface area contributed by atoms with Gasteiger partial charge in [-0.05, 0) is 14.1 Å². The number of nitrogens with two attached hydrogens (primary N) is 1. The van der Waals surface area contributed by atoms with Gasteiger partial charge in [0.15, 0.2) is 0 Å². The van der Waals surface area contributed by atoms with Crippen LogP contribution in [0.25, 0.3) is 0 Å². The van der Waals surface area contributed by atoms with Crippen molar-refractivity contribution in [1.29, 1.82) is 0 Å². The van der Waals surface area contributed by atoms with Gasteiger partial charge >= 0.3 is 0 Å². The van der Waals surface area contributed by atoms with Crippen LogP contribution in [0.3, 0.4) is 0 Å². The lowest BCUT2D eigenvalue weighted by Gasteiger charge is -2.12. The summed E-state index contributed by atoms with van der Waals surface area (Å²) in [5.41, 5.74) is 5.57. The monoisotopic (exact) mass is 178 g/mol. The van der Waals surface area contributed by atoms with Crippen LogP contribution in [0.2, 0.25) is 0 Å². The molecule has 11 heavy (non-hydrogen) atoms. The van der Waals surface area contributed by atoms with Crippen molar-refractivity contribution in [2.75, 3.05) is 39.6 Å². The number of likely N-dealkylation sites (N-methyl/N-ethyl adjacent to an activating group) is 1. The molecule has 0 saturated carbocycles. The lowest BCUT2D eigenvalue weighted by atomic mass is 10.4. The van der Waals surface area contributed by atoms with Crippen LogP contribution in [0, 0.1) is 0 Å². The summed E-state index contributed by atoms with van der Waals surface area (Å²) in [4.78, 5) is 2.08. The second kappa shape index (κ2) is 6.91. The number of rotatable bonds is 6. The van der Waals surface area contributed by atoms with E-state index in [1.807, 2.05) is 14.1 Å². The largest absolute Gasteiger partial charge is 0.378 e. The van der Waals surface area contributed by atoms with Crippen LogP contribution in [-0.2, 0) is 4.74 Å². The molecule has 0 amide bonds. The maximum absolute atomic E-state index is 5.57. The molecule has 0 fully saturated rings. The van der Waals surface area contributed by atoms with Gasteiger partial charge in [-0.3, -0.25) is 0 Å². The summed E-state index contributed by atoms with van der Waals surface area (Å²) < 4.78 is 5.28. The first-order valence-electron chi connectivity index (χ1n) is 3.75. The fourth-order valence-electron chi connectivity index (χ4n) is 0.535. The Morgan fingerprint density at radius 1 is 1.55 bits per heavy atom. The quantitative estimate of drug-likeness (QED) is 0.438. The molecule has 0 radical (unpaired) electrons. The van der Waals surface area contributed by atoms with E-state index in [1.54, 1.807) is 0 Å². The predicted octanol–water partition coefficient (Wildman–Crippen LogP) is -0.178. The van der Waals surface area contributed by atoms with E-state index in [0.717, 1.165) is 13.2 Å². The third-order valence-electron chi connectivity index (χ3n) is 1.25. The average molecular weight is 178 g/mol. The Bertz CT molecular complexity index is 90.5. The van der Waals surface area contributed by atoms with Crippen LogP contribution in [0.15, 0.2) is 0 Å². The minimum absolute atomic E-state index is 0.0699. The van der Waals surface area contributed by atoms with Gasteiger partial charge in [0.1, 0.15) is 0 Å². The van der Waals surface area contributed by atoms with Gasteiger partial charge in [-0.1, -0.05) is 0 Å². The minimum atomic E-state index is 0.0699. The molecule has 0 unspecified atom stereocenters. The highest BCUT2D eigenvalue weighted by Crippen LogP contribution is 1.85. The molecule has 0 aromatic rings. The molecule has 0 heterocycles. The van der Waals surface area contributed by atoms with E-state index in [2.05, 4.69) is 17.5 Å². The maximum atomic E-state index is 5.57. The van der Waals surface area contributed by atoms with Gasteiger partial charge in [0.25, 0.3) is 0 Å². The summed E-state index contributed by atoms with van der Waals surface area (Å²) in [6.07, 6.45) is 0. The highest BCUT2D eigenvalue weighted by Gasteiger charge is 1.98. The van der Waals surface area contributed by atoms with Crippen LogP contribution < -0.4 is 5.73 Å². The summed E-state index contributed by atoms with van der Waals surface area (Å²) in [5.74, 6) is 0.683. The molecule has 0 aromatic carbocycles. The minimum Gasteiger partial charge on any atom is -0.378 e. The molecule has 0 aliphatic carbocycles. The second-order valence-electron chi connectivity index (χ2n) is 2.82. The van der Waals surface area contributed by atoms with E-state index in [1.165, 1.54) is 0 Å². The lowest BCUT2D eigenvalue weighted by Crippen LogP contribution is -2.29. The van der Waals surface area contributed by atoms with Crippen LogP contribution in [0.1, 0.15) is 0 Å². The van der Waals surface area contributed by atoms with Gasteiger partial charge in [0, 0.05) is 18.3 Å². The molecule has 0 aliphatic rings. The number of nitrogens with zero attached hydrogens (tertiary/aromatic N) is 1. The Balaban J connectivity index is 3.01. The average Bonchev–Trinajstić information content (AvgIpc) is 1.97. The van der Waals surface area contributed by atoms with E-state index < -0.39 is 0 Å². The SMILES string of the molecule is CN(C)CCOC[C@@H](N)CS. The van der Waals surface area contributed by atoms with Crippen molar-refractivity contribution < 1.29 is 4.74 Å². The van der Waals surface area contributed by atoms with Gasteiger partial charge in [0.2, 0.25) is 0 Å². The van der Waals surface area contributed by atoms with Gasteiger partial charge in [-0.15, -0.1) is 0 Å². The first-order valence-corrected chi connectivity index (χ1v) is 4.39. The summed E-state index contributed by atoms with van der Waals surface area (Å²) >= 11 is 4.04. The fourth-order valence-corrected chi connectivity index (χ4v) is 0.640. The zero-order chi connectivity index (χ0) is 8.69. The molecule has 0 saturated heterocycles. The van der Waals surface area contributed by atoms with Crippen molar-refractivity contribution in [2.24, 2.45) is 5.73 Å². The molecule has 0 aliphatic heterocycles. The van der Waals surface area contributed by atoms with Crippen molar-refractivity contribution in [1.82, 2.24) is 4.90 Å². The Kier molecular flexibility index (Phi) is 7.06. The van der Waals surface area contributed by atoms with Crippen molar-refractivity contribution in [3.05, 3.63) is 0 Å². The fraction of sp³-hybridized carbons (Fsp3) is 1.00. The zero-order valence-electron chi connectivity index (χ0n) is 7.29. The summed E-state index contributed by atoms with van der Waals surface area (Å²) in [6, 6.07) is 0.0699. The summed E-state index contributed by atoms with van der Waals surface area (Å²) in [6.45, 7) is 2.30. The highest BCUT2D eigenvalue weighted by molar-refractivity contribution is 7.80. The second-order valence-corrected chi connectivity index (χ2v) is 3.19. The standard InChI is InChI=1S/C7H18N2OS/c1-9(2)3-4-10-5-7(8)6-11/h7,11H,3-6,8H2,1-2H3/t7-/m1/s1. The van der Waals surface area contributed by atoms with Crippen LogP contribution in [0.5, 0.6) is 0 Å². The van der Waals surface area contributed by atoms with Crippen molar-refractivity contribution >= 4 is 12.6 Å². The van der Waals surface area contributed by atoms with Gasteiger partial charge in [0.05, 0.1) is 13.2 Å². The molecule has 68 valence electrons. The van der Waals surface area contributed by atoms with Crippen molar-refractivity contribution in [2.45, 2.75) is 6.04 Å². The predicted molar refractivity (Wildman–Crippen MR) is 51.2 cm³/mol. The summed E-state index contributed by atoms with van der Waals surface area (Å²) in [7, 11) is 4.03. The van der Waals surface area contributed by atoms with E-state index in [0.29, 0.717) is 12.4 Å². The number of hydrogen-bond acceptors (Lipinski definition) is 4. The lowest BCUT2D eigenvalue weighted by molar-refractivity contribution is 0.110. The Morgan fingerprint density at radius 3 is 2.64 bits per heavy atom. The number of thiol groups is 1. The topological polar surface area (TPSA) is 38.5 Å². The first kappa shape index (κ1) is 11.2. The summed E-state index contributed by atoms with van der Waals surface area (Å²) in [5, 5.41) is 0. The molecule has 0 spiro atoms. The van der Waals surface area contributed by atoms with E-state index >= 15 is 0 Å². The highest BCUT2D eigenvalue weighted by atomic mass is 32.1. The van der Waals surface area contributed by atoms with Crippen molar-refractivity contribution in [3.8, 4) is 0 Å². The Hall–Kier alpha value is 0.230. The smallest absolute Gasteiger partial charge is 0.0626 e. The van der Waals surface area contributed by atoms with Crippen LogP contribution in [0.4, 0.5) is 0 Å². The third kappa shape index (κ3) is 8.13. The Labute approximate surface area is 74.3 Å². The van der Waals surface area contributed by atoms with Crippen molar-refractivity contribution in [3.63, 3.8) is 0 Å². The Morgan fingerprint density at radius 2 is 2.18 bits per heavy atom. The molecule has 2 N–H and O–H groups in total. The maximum Gasteiger partial charge on any atom is 0.0626 e. The molecule has 0 bridgehead atoms. The van der Waals surface area contributed by atoms with Gasteiger partial charge in [-0.25, -0.2) is 0 Å². The normalized spacial score (nSPS) is 13.9. The third-order valence-corrected chi connectivity index (χ3v) is 1.72.